The fraction of sp³-hybridized carbons (Fsp3) is 0.769. The summed E-state index contributed by atoms with van der Waals surface area (Å²) in [7, 11) is 2.99. The van der Waals surface area contributed by atoms with Gasteiger partial charge in [-0.3, -0.25) is 9.59 Å². The van der Waals surface area contributed by atoms with E-state index in [1.165, 1.54) is 12.0 Å². The first-order valence-electron chi connectivity index (χ1n) is 6.76. The van der Waals surface area contributed by atoms with Crippen LogP contribution in [0, 0.1) is 0 Å². The van der Waals surface area contributed by atoms with E-state index in [0.717, 1.165) is 12.8 Å². The average Bonchev–Trinajstić information content (AvgIpc) is 2.84. The lowest BCUT2D eigenvalue weighted by Crippen LogP contribution is -2.44. The van der Waals surface area contributed by atoms with Crippen molar-refractivity contribution >= 4 is 18.0 Å². The second-order valence-electron chi connectivity index (χ2n) is 4.97. The van der Waals surface area contributed by atoms with E-state index in [2.05, 4.69) is 4.74 Å². The number of aliphatic carboxylic acids is 1. The lowest BCUT2D eigenvalue weighted by Gasteiger charge is -2.28. The zero-order valence-electron chi connectivity index (χ0n) is 12.0. The highest BCUT2D eigenvalue weighted by Gasteiger charge is 2.31. The maximum absolute atomic E-state index is 12.2. The second-order valence-corrected chi connectivity index (χ2v) is 4.97. The van der Waals surface area contributed by atoms with Crippen LogP contribution in [-0.2, 0) is 14.3 Å². The Balaban J connectivity index is 2.42. The zero-order valence-corrected chi connectivity index (χ0v) is 12.0. The number of carbonyl (C=O) groups is 3. The van der Waals surface area contributed by atoms with Gasteiger partial charge in [-0.25, -0.2) is 4.79 Å². The summed E-state index contributed by atoms with van der Waals surface area (Å²) in [6.45, 7) is 1.04. The molecule has 0 spiro atoms. The van der Waals surface area contributed by atoms with Crippen molar-refractivity contribution < 1.29 is 24.2 Å². The molecule has 7 nitrogen and oxygen atoms in total. The molecule has 0 aromatic rings. The van der Waals surface area contributed by atoms with Gasteiger partial charge >= 0.3 is 18.0 Å². The highest BCUT2D eigenvalue weighted by Crippen LogP contribution is 2.21. The van der Waals surface area contributed by atoms with E-state index >= 15 is 0 Å². The Morgan fingerprint density at radius 3 is 2.70 bits per heavy atom. The topological polar surface area (TPSA) is 87.2 Å². The second kappa shape index (κ2) is 7.72. The first-order valence-corrected chi connectivity index (χ1v) is 6.76. The maximum atomic E-state index is 12.2. The zero-order chi connectivity index (χ0) is 15.1. The largest absolute Gasteiger partial charge is 0.481 e. The molecule has 0 aromatic carbocycles. The van der Waals surface area contributed by atoms with Crippen LogP contribution in [0.4, 0.5) is 4.79 Å². The van der Waals surface area contributed by atoms with E-state index < -0.39 is 5.97 Å². The minimum absolute atomic E-state index is 0.0122. The minimum Gasteiger partial charge on any atom is -0.481 e. The third kappa shape index (κ3) is 4.71. The standard InChI is InChI=1S/C13H22N2O5/c1-14(7-4-6-12(18)20-2)13(19)15-8-3-5-10(15)9-11(16)17/h10H,3-9H2,1-2H3,(H,16,17). The summed E-state index contributed by atoms with van der Waals surface area (Å²) in [4.78, 5) is 37.1. The van der Waals surface area contributed by atoms with Crippen LogP contribution in [0.2, 0.25) is 0 Å². The van der Waals surface area contributed by atoms with Crippen LogP contribution in [0.25, 0.3) is 0 Å². The van der Waals surface area contributed by atoms with Crippen molar-refractivity contribution in [1.29, 1.82) is 0 Å². The molecular formula is C13H22N2O5. The Morgan fingerprint density at radius 2 is 2.10 bits per heavy atom. The van der Waals surface area contributed by atoms with Gasteiger partial charge in [-0.05, 0) is 19.3 Å². The van der Waals surface area contributed by atoms with Crippen molar-refractivity contribution in [1.82, 2.24) is 9.80 Å². The molecule has 0 saturated carbocycles. The summed E-state index contributed by atoms with van der Waals surface area (Å²) < 4.78 is 4.54. The molecule has 1 heterocycles. The molecule has 0 bridgehead atoms. The Morgan fingerprint density at radius 1 is 1.40 bits per heavy atom. The summed E-state index contributed by atoms with van der Waals surface area (Å²) in [6.07, 6.45) is 2.36. The number of hydrogen-bond donors (Lipinski definition) is 1. The van der Waals surface area contributed by atoms with Crippen molar-refractivity contribution in [2.75, 3.05) is 27.2 Å². The summed E-state index contributed by atoms with van der Waals surface area (Å²) >= 11 is 0. The quantitative estimate of drug-likeness (QED) is 0.734. The van der Waals surface area contributed by atoms with Crippen molar-refractivity contribution in [3.63, 3.8) is 0 Å². The number of amides is 2. The minimum atomic E-state index is -0.886. The van der Waals surface area contributed by atoms with Crippen LogP contribution >= 0.6 is 0 Å². The molecule has 1 aliphatic rings. The van der Waals surface area contributed by atoms with Crippen molar-refractivity contribution in [3.05, 3.63) is 0 Å². The van der Waals surface area contributed by atoms with Crippen molar-refractivity contribution in [3.8, 4) is 0 Å². The van der Waals surface area contributed by atoms with Crippen LogP contribution in [0.15, 0.2) is 0 Å². The molecule has 1 rings (SSSR count). The lowest BCUT2D eigenvalue weighted by atomic mass is 10.1. The SMILES string of the molecule is COC(=O)CCCN(C)C(=O)N1CCCC1CC(=O)O. The van der Waals surface area contributed by atoms with E-state index in [9.17, 15) is 14.4 Å². The predicted molar refractivity (Wildman–Crippen MR) is 71.3 cm³/mol. The summed E-state index contributed by atoms with van der Waals surface area (Å²) in [5.74, 6) is -1.18. The first kappa shape index (κ1) is 16.3. The maximum Gasteiger partial charge on any atom is 0.320 e. The number of ether oxygens (including phenoxy) is 1. The molecule has 1 fully saturated rings. The molecule has 20 heavy (non-hydrogen) atoms. The van der Waals surface area contributed by atoms with Gasteiger partial charge in [0.2, 0.25) is 0 Å². The molecule has 0 aromatic heterocycles. The Hall–Kier alpha value is -1.79. The number of likely N-dealkylation sites (tertiary alicyclic amines) is 1. The van der Waals surface area contributed by atoms with E-state index in [4.69, 9.17) is 5.11 Å². The van der Waals surface area contributed by atoms with Crippen LogP contribution in [0.5, 0.6) is 0 Å². The lowest BCUT2D eigenvalue weighted by molar-refractivity contribution is -0.141. The molecule has 2 amide bonds. The number of nitrogens with zero attached hydrogens (tertiary/aromatic N) is 2. The molecule has 0 aliphatic carbocycles. The van der Waals surface area contributed by atoms with Crippen LogP contribution in [0.3, 0.4) is 0 Å². The van der Waals surface area contributed by atoms with Gasteiger partial charge in [-0.15, -0.1) is 0 Å². The highest BCUT2D eigenvalue weighted by atomic mass is 16.5. The Labute approximate surface area is 118 Å². The van der Waals surface area contributed by atoms with Gasteiger partial charge in [0, 0.05) is 32.6 Å². The highest BCUT2D eigenvalue weighted by molar-refractivity contribution is 5.76. The molecule has 1 N–H and O–H groups in total. The molecule has 1 unspecified atom stereocenters. The molecule has 7 heteroatoms. The van der Waals surface area contributed by atoms with Crippen molar-refractivity contribution in [2.45, 2.75) is 38.1 Å². The number of carbonyl (C=O) groups excluding carboxylic acids is 2. The van der Waals surface area contributed by atoms with Gasteiger partial charge in [-0.1, -0.05) is 0 Å². The smallest absolute Gasteiger partial charge is 0.320 e. The van der Waals surface area contributed by atoms with Crippen LogP contribution in [0.1, 0.15) is 32.1 Å². The van der Waals surface area contributed by atoms with Gasteiger partial charge in [0.25, 0.3) is 0 Å². The number of carboxylic acids is 1. The number of carboxylic acid groups (broad SMARTS) is 1. The fourth-order valence-corrected chi connectivity index (χ4v) is 2.38. The van der Waals surface area contributed by atoms with Gasteiger partial charge in [0.1, 0.15) is 0 Å². The van der Waals surface area contributed by atoms with Crippen LogP contribution in [-0.4, -0.2) is 66.2 Å². The first-order chi connectivity index (χ1) is 9.45. The summed E-state index contributed by atoms with van der Waals surface area (Å²) in [6, 6.07) is -0.387. The fourth-order valence-electron chi connectivity index (χ4n) is 2.38. The summed E-state index contributed by atoms with van der Waals surface area (Å²) in [5.41, 5.74) is 0. The monoisotopic (exact) mass is 286 g/mol. The Kier molecular flexibility index (Phi) is 6.27. The number of urea groups is 1. The third-order valence-corrected chi connectivity index (χ3v) is 3.46. The summed E-state index contributed by atoms with van der Waals surface area (Å²) in [5, 5.41) is 8.84. The number of esters is 1. The average molecular weight is 286 g/mol. The van der Waals surface area contributed by atoms with E-state index in [0.29, 0.717) is 19.5 Å². The normalized spacial score (nSPS) is 17.9. The number of rotatable bonds is 6. The number of methoxy groups -OCH3 is 1. The van der Waals surface area contributed by atoms with E-state index in [1.807, 2.05) is 0 Å². The molecular weight excluding hydrogens is 264 g/mol. The molecule has 114 valence electrons. The predicted octanol–water partition coefficient (Wildman–Crippen LogP) is 0.930. The molecule has 0 radical (unpaired) electrons. The molecule has 1 saturated heterocycles. The molecule has 1 aliphatic heterocycles. The molecule has 1 atom stereocenters. The van der Waals surface area contributed by atoms with Crippen LogP contribution < -0.4 is 0 Å². The van der Waals surface area contributed by atoms with E-state index in [1.54, 1.807) is 11.9 Å². The number of hydrogen-bond acceptors (Lipinski definition) is 4. The Bertz CT molecular complexity index is 372. The van der Waals surface area contributed by atoms with Gasteiger partial charge in [-0.2, -0.15) is 0 Å². The van der Waals surface area contributed by atoms with Crippen molar-refractivity contribution in [2.24, 2.45) is 0 Å². The van der Waals surface area contributed by atoms with Gasteiger partial charge in [0.05, 0.1) is 13.5 Å². The van der Waals surface area contributed by atoms with Gasteiger partial charge < -0.3 is 19.6 Å². The van der Waals surface area contributed by atoms with E-state index in [-0.39, 0.29) is 30.9 Å². The van der Waals surface area contributed by atoms with Gasteiger partial charge in [0.15, 0.2) is 0 Å². The third-order valence-electron chi connectivity index (χ3n) is 3.46.